The summed E-state index contributed by atoms with van der Waals surface area (Å²) >= 11 is 12.4. The number of imide groups is 1. The van der Waals surface area contributed by atoms with Crippen molar-refractivity contribution >= 4 is 41.0 Å². The van der Waals surface area contributed by atoms with Crippen molar-refractivity contribution in [2.24, 2.45) is 5.92 Å². The number of carbonyl (C=O) groups excluding carboxylic acids is 2. The van der Waals surface area contributed by atoms with Crippen molar-refractivity contribution in [3.05, 3.63) is 63.1 Å². The van der Waals surface area contributed by atoms with E-state index in [9.17, 15) is 19.5 Å². The van der Waals surface area contributed by atoms with Gasteiger partial charge in [0.25, 0.3) is 0 Å². The van der Waals surface area contributed by atoms with Gasteiger partial charge in [0, 0.05) is 31.5 Å². The highest BCUT2D eigenvalue weighted by Crippen LogP contribution is 2.39. The number of carbonyl (C=O) groups is 3. The Morgan fingerprint density at radius 2 is 1.81 bits per heavy atom. The number of halogens is 2. The molecule has 1 N–H and O–H groups in total. The fraction of sp³-hybridized carbons (Fsp3) is 0.464. The minimum atomic E-state index is -0.745. The number of carboxylic acids is 1. The van der Waals surface area contributed by atoms with Gasteiger partial charge < -0.3 is 9.84 Å². The molecule has 2 aromatic carbocycles. The fourth-order valence-electron chi connectivity index (χ4n) is 5.08. The molecule has 1 saturated heterocycles. The van der Waals surface area contributed by atoms with Crippen molar-refractivity contribution in [1.82, 2.24) is 9.80 Å². The Balaban J connectivity index is 1.48. The van der Waals surface area contributed by atoms with E-state index in [4.69, 9.17) is 27.9 Å². The maximum absolute atomic E-state index is 11.8. The molecule has 1 unspecified atom stereocenters. The van der Waals surface area contributed by atoms with Crippen molar-refractivity contribution in [1.29, 1.82) is 0 Å². The summed E-state index contributed by atoms with van der Waals surface area (Å²) < 4.78 is 5.96. The smallest absolute Gasteiger partial charge is 0.306 e. The highest BCUT2D eigenvalue weighted by atomic mass is 35.5. The fourth-order valence-corrected chi connectivity index (χ4v) is 5.39. The SMILES string of the molecule is CCc1cc(CN(C(C)c2ccc(Cl)c(Cl)c2)[C@H]2C[C@@H](C(=O)O)C2)ccc1OCCN1C(=O)CCC1=O. The van der Waals surface area contributed by atoms with Gasteiger partial charge in [-0.1, -0.05) is 48.3 Å². The Kier molecular flexibility index (Phi) is 8.78. The highest BCUT2D eigenvalue weighted by Gasteiger charge is 2.40. The van der Waals surface area contributed by atoms with Crippen LogP contribution in [0.5, 0.6) is 5.75 Å². The molecule has 2 amide bonds. The molecule has 2 aromatic rings. The molecule has 9 heteroatoms. The van der Waals surface area contributed by atoms with Crippen LogP contribution in [0.15, 0.2) is 36.4 Å². The summed E-state index contributed by atoms with van der Waals surface area (Å²) in [5.41, 5.74) is 3.16. The van der Waals surface area contributed by atoms with Crippen LogP contribution in [0.4, 0.5) is 0 Å². The van der Waals surface area contributed by atoms with E-state index in [2.05, 4.69) is 24.8 Å². The first-order valence-electron chi connectivity index (χ1n) is 12.7. The van der Waals surface area contributed by atoms with Crippen LogP contribution in [0.25, 0.3) is 0 Å². The second-order valence-electron chi connectivity index (χ2n) is 9.77. The van der Waals surface area contributed by atoms with E-state index in [0.29, 0.717) is 29.4 Å². The van der Waals surface area contributed by atoms with E-state index < -0.39 is 5.97 Å². The number of nitrogens with zero attached hydrogens (tertiary/aromatic N) is 2. The molecule has 1 heterocycles. The van der Waals surface area contributed by atoms with Gasteiger partial charge in [0.1, 0.15) is 12.4 Å². The van der Waals surface area contributed by atoms with Gasteiger partial charge in [0.2, 0.25) is 11.8 Å². The van der Waals surface area contributed by atoms with Crippen LogP contribution in [0.1, 0.15) is 62.3 Å². The molecular formula is C28H32Cl2N2O5. The molecule has 4 rings (SSSR count). The van der Waals surface area contributed by atoms with E-state index in [1.807, 2.05) is 24.3 Å². The Bertz CT molecular complexity index is 1170. The summed E-state index contributed by atoms with van der Waals surface area (Å²) in [6.07, 6.45) is 2.53. The molecule has 0 aromatic heterocycles. The number of likely N-dealkylation sites (tertiary alicyclic amines) is 1. The van der Waals surface area contributed by atoms with Gasteiger partial charge in [0.05, 0.1) is 22.5 Å². The van der Waals surface area contributed by atoms with Crippen molar-refractivity contribution in [3.63, 3.8) is 0 Å². The van der Waals surface area contributed by atoms with Crippen LogP contribution in [0, 0.1) is 5.92 Å². The largest absolute Gasteiger partial charge is 0.491 e. The number of aryl methyl sites for hydroxylation is 1. The molecule has 7 nitrogen and oxygen atoms in total. The van der Waals surface area contributed by atoms with Crippen molar-refractivity contribution in [2.75, 3.05) is 13.2 Å². The number of ether oxygens (including phenoxy) is 1. The molecule has 2 fully saturated rings. The first kappa shape index (κ1) is 27.4. The lowest BCUT2D eigenvalue weighted by atomic mass is 9.78. The molecular weight excluding hydrogens is 515 g/mol. The molecule has 1 saturated carbocycles. The second-order valence-corrected chi connectivity index (χ2v) is 10.6. The highest BCUT2D eigenvalue weighted by molar-refractivity contribution is 6.42. The summed E-state index contributed by atoms with van der Waals surface area (Å²) in [6.45, 7) is 5.31. The predicted octanol–water partition coefficient (Wildman–Crippen LogP) is 5.51. The van der Waals surface area contributed by atoms with Crippen LogP contribution in [0.3, 0.4) is 0 Å². The third-order valence-electron chi connectivity index (χ3n) is 7.45. The monoisotopic (exact) mass is 546 g/mol. The van der Waals surface area contributed by atoms with E-state index in [-0.39, 0.29) is 55.8 Å². The van der Waals surface area contributed by atoms with E-state index >= 15 is 0 Å². The first-order valence-corrected chi connectivity index (χ1v) is 13.4. The third-order valence-corrected chi connectivity index (χ3v) is 8.19. The van der Waals surface area contributed by atoms with Gasteiger partial charge in [-0.05, 0) is 61.1 Å². The molecule has 0 radical (unpaired) electrons. The number of hydrogen-bond acceptors (Lipinski definition) is 5. The summed E-state index contributed by atoms with van der Waals surface area (Å²) in [5, 5.41) is 10.4. The Hall–Kier alpha value is -2.61. The van der Waals surface area contributed by atoms with Crippen LogP contribution in [-0.2, 0) is 27.3 Å². The standard InChI is InChI=1S/C28H32Cl2N2O5/c1-3-19-12-18(4-7-25(19)37-11-10-31-26(33)8-9-27(31)34)16-32(22-13-21(14-22)28(35)36)17(2)20-5-6-23(29)24(30)15-20/h4-7,12,15,17,21-22H,3,8-11,13-14,16H2,1-2H3,(H,35,36)/t17?,21-,22+. The summed E-state index contributed by atoms with van der Waals surface area (Å²) in [6, 6.07) is 11.8. The van der Waals surface area contributed by atoms with Crippen LogP contribution >= 0.6 is 23.2 Å². The van der Waals surface area contributed by atoms with Crippen LogP contribution < -0.4 is 4.74 Å². The van der Waals surface area contributed by atoms with E-state index in [1.54, 1.807) is 6.07 Å². The number of aliphatic carboxylic acids is 1. The van der Waals surface area contributed by atoms with Gasteiger partial charge in [-0.15, -0.1) is 0 Å². The molecule has 0 spiro atoms. The number of carboxylic acid groups (broad SMARTS) is 1. The number of hydrogen-bond donors (Lipinski definition) is 1. The molecule has 1 atom stereocenters. The number of amides is 2. The molecule has 0 bridgehead atoms. The summed E-state index contributed by atoms with van der Waals surface area (Å²) in [5.74, 6) is -0.603. The summed E-state index contributed by atoms with van der Waals surface area (Å²) in [4.78, 5) is 38.7. The van der Waals surface area contributed by atoms with Gasteiger partial charge in [0.15, 0.2) is 0 Å². The first-order chi connectivity index (χ1) is 17.7. The van der Waals surface area contributed by atoms with Crippen molar-refractivity contribution in [2.45, 2.75) is 64.6 Å². The minimum absolute atomic E-state index is 0.00560. The molecule has 1 aliphatic heterocycles. The molecule has 1 aliphatic carbocycles. The van der Waals surface area contributed by atoms with Gasteiger partial charge in [-0.3, -0.25) is 24.2 Å². The number of rotatable bonds is 11. The van der Waals surface area contributed by atoms with Gasteiger partial charge in [-0.25, -0.2) is 0 Å². The second kappa shape index (κ2) is 11.8. The lowest BCUT2D eigenvalue weighted by molar-refractivity contribution is -0.147. The van der Waals surface area contributed by atoms with E-state index in [1.165, 1.54) is 4.90 Å². The topological polar surface area (TPSA) is 87.2 Å². The average Bonchev–Trinajstić information content (AvgIpc) is 3.16. The van der Waals surface area contributed by atoms with Crippen molar-refractivity contribution in [3.8, 4) is 5.75 Å². The number of benzene rings is 2. The average molecular weight is 547 g/mol. The minimum Gasteiger partial charge on any atom is -0.491 e. The van der Waals surface area contributed by atoms with Crippen molar-refractivity contribution < 1.29 is 24.2 Å². The van der Waals surface area contributed by atoms with Crippen LogP contribution in [-0.4, -0.2) is 51.9 Å². The Morgan fingerprint density at radius 1 is 1.11 bits per heavy atom. The normalized spacial score (nSPS) is 20.3. The maximum Gasteiger partial charge on any atom is 0.306 e. The lowest BCUT2D eigenvalue weighted by Crippen LogP contribution is -2.47. The zero-order chi connectivity index (χ0) is 26.7. The van der Waals surface area contributed by atoms with Gasteiger partial charge in [-0.2, -0.15) is 0 Å². The quantitative estimate of drug-likeness (QED) is 0.374. The zero-order valence-electron chi connectivity index (χ0n) is 21.1. The molecule has 2 aliphatic rings. The Labute approximate surface area is 227 Å². The zero-order valence-corrected chi connectivity index (χ0v) is 22.6. The molecule has 37 heavy (non-hydrogen) atoms. The predicted molar refractivity (Wildman–Crippen MR) is 142 cm³/mol. The van der Waals surface area contributed by atoms with Crippen LogP contribution in [0.2, 0.25) is 10.0 Å². The summed E-state index contributed by atoms with van der Waals surface area (Å²) in [7, 11) is 0. The lowest BCUT2D eigenvalue weighted by Gasteiger charge is -2.44. The third kappa shape index (κ3) is 6.28. The molecule has 198 valence electrons. The van der Waals surface area contributed by atoms with E-state index in [0.717, 1.165) is 28.9 Å². The maximum atomic E-state index is 11.8. The Morgan fingerprint density at radius 3 is 2.43 bits per heavy atom. The van der Waals surface area contributed by atoms with Gasteiger partial charge >= 0.3 is 5.97 Å².